The van der Waals surface area contributed by atoms with Crippen LogP contribution in [0, 0.1) is 28.6 Å². The number of ketones is 1. The molecule has 4 aliphatic rings. The number of hydrogen-bond acceptors (Lipinski definition) is 3. The molecule has 0 bridgehead atoms. The van der Waals surface area contributed by atoms with Crippen molar-refractivity contribution in [3.8, 4) is 0 Å². The van der Waals surface area contributed by atoms with Crippen LogP contribution >= 0.6 is 7.82 Å². The fraction of sp³-hybridized carbons (Fsp3) is 0.842. The van der Waals surface area contributed by atoms with Crippen LogP contribution in [0.15, 0.2) is 11.6 Å². The molecule has 0 amide bonds. The van der Waals surface area contributed by atoms with Crippen molar-refractivity contribution >= 4 is 13.6 Å². The van der Waals surface area contributed by atoms with Gasteiger partial charge in [-0.2, -0.15) is 0 Å². The van der Waals surface area contributed by atoms with Crippen molar-refractivity contribution in [3.05, 3.63) is 11.6 Å². The SMILES string of the molecule is C[C@]12CC[C@@H]3[C@@H](CCC4=CC(=O)CC[C@@]43C)[C@@H]1CC[C@@H]2OP(=O)(O)O. The molecule has 0 radical (unpaired) electrons. The van der Waals surface area contributed by atoms with Gasteiger partial charge in [0.05, 0.1) is 6.10 Å². The number of rotatable bonds is 2. The highest BCUT2D eigenvalue weighted by molar-refractivity contribution is 7.46. The van der Waals surface area contributed by atoms with Crippen LogP contribution in [-0.2, 0) is 13.9 Å². The number of phosphoric acid groups is 1. The highest BCUT2D eigenvalue weighted by Crippen LogP contribution is 2.66. The first-order valence-corrected chi connectivity index (χ1v) is 11.1. The van der Waals surface area contributed by atoms with Gasteiger partial charge in [-0.25, -0.2) is 4.57 Å². The Balaban J connectivity index is 1.61. The van der Waals surface area contributed by atoms with Gasteiger partial charge in [0.2, 0.25) is 0 Å². The summed E-state index contributed by atoms with van der Waals surface area (Å²) in [6.45, 7) is 4.53. The first-order valence-electron chi connectivity index (χ1n) is 9.61. The molecule has 0 saturated heterocycles. The third-order valence-electron chi connectivity index (χ3n) is 8.14. The number of phosphoric ester groups is 1. The number of fused-ring (bicyclic) bond motifs is 5. The third kappa shape index (κ3) is 2.79. The Kier molecular flexibility index (Phi) is 4.12. The molecule has 5 nitrogen and oxygen atoms in total. The van der Waals surface area contributed by atoms with E-state index in [-0.39, 0.29) is 22.7 Å². The Morgan fingerprint density at radius 3 is 2.56 bits per heavy atom. The van der Waals surface area contributed by atoms with Crippen molar-refractivity contribution in [2.24, 2.45) is 28.6 Å². The van der Waals surface area contributed by atoms with Crippen molar-refractivity contribution in [1.82, 2.24) is 0 Å². The van der Waals surface area contributed by atoms with Crippen LogP contribution in [0.2, 0.25) is 0 Å². The minimum Gasteiger partial charge on any atom is -0.303 e. The van der Waals surface area contributed by atoms with Crippen LogP contribution in [0.5, 0.6) is 0 Å². The van der Waals surface area contributed by atoms with Crippen molar-refractivity contribution in [2.45, 2.75) is 71.3 Å². The van der Waals surface area contributed by atoms with Crippen LogP contribution in [-0.4, -0.2) is 21.7 Å². The molecule has 3 fully saturated rings. The van der Waals surface area contributed by atoms with Crippen molar-refractivity contribution in [1.29, 1.82) is 0 Å². The second-order valence-electron chi connectivity index (χ2n) is 9.18. The molecule has 0 unspecified atom stereocenters. The molecule has 0 aromatic heterocycles. The first-order chi connectivity index (χ1) is 11.6. The van der Waals surface area contributed by atoms with E-state index in [2.05, 4.69) is 13.8 Å². The van der Waals surface area contributed by atoms with Gasteiger partial charge < -0.3 is 9.79 Å². The van der Waals surface area contributed by atoms with Gasteiger partial charge in [-0.15, -0.1) is 0 Å². The van der Waals surface area contributed by atoms with Gasteiger partial charge in [-0.3, -0.25) is 9.32 Å². The van der Waals surface area contributed by atoms with Crippen LogP contribution in [0.25, 0.3) is 0 Å². The maximum Gasteiger partial charge on any atom is 0.469 e. The number of carbonyl (C=O) groups excluding carboxylic acids is 1. The summed E-state index contributed by atoms with van der Waals surface area (Å²) in [5.41, 5.74) is 1.36. The molecular weight excluding hydrogens is 339 g/mol. The summed E-state index contributed by atoms with van der Waals surface area (Å²) in [7, 11) is -4.45. The zero-order chi connectivity index (χ0) is 18.0. The second-order valence-corrected chi connectivity index (χ2v) is 10.4. The highest BCUT2D eigenvalue weighted by atomic mass is 31.2. The molecule has 6 atom stereocenters. The fourth-order valence-corrected chi connectivity index (χ4v) is 7.53. The van der Waals surface area contributed by atoms with Crippen LogP contribution in [0.1, 0.15) is 65.2 Å². The van der Waals surface area contributed by atoms with E-state index in [1.807, 2.05) is 6.08 Å². The van der Waals surface area contributed by atoms with Gasteiger partial charge in [-0.1, -0.05) is 19.4 Å². The zero-order valence-electron chi connectivity index (χ0n) is 15.1. The summed E-state index contributed by atoms with van der Waals surface area (Å²) in [4.78, 5) is 30.4. The third-order valence-corrected chi connectivity index (χ3v) is 8.67. The Hall–Kier alpha value is -0.480. The fourth-order valence-electron chi connectivity index (χ4n) is 6.85. The summed E-state index contributed by atoms with van der Waals surface area (Å²) < 4.78 is 16.6. The molecule has 2 N–H and O–H groups in total. The smallest absolute Gasteiger partial charge is 0.303 e. The van der Waals surface area contributed by atoms with Gasteiger partial charge in [0.15, 0.2) is 5.78 Å². The summed E-state index contributed by atoms with van der Waals surface area (Å²) in [6.07, 6.45) is 9.08. The standard InChI is InChI=1S/C19H29O5P/c1-18-9-7-13(20)11-12(18)3-4-14-15-5-6-17(24-25(21,22)23)19(15,2)10-8-16(14)18/h11,14-17H,3-10H2,1-2H3,(H2,21,22,23)/t14-,15-,16+,17-,18-,19-/m0/s1. The largest absolute Gasteiger partial charge is 0.469 e. The van der Waals surface area contributed by atoms with E-state index in [0.29, 0.717) is 24.2 Å². The number of hydrogen-bond donors (Lipinski definition) is 2. The average molecular weight is 368 g/mol. The van der Waals surface area contributed by atoms with E-state index in [4.69, 9.17) is 4.52 Å². The van der Waals surface area contributed by atoms with Crippen molar-refractivity contribution < 1.29 is 23.7 Å². The molecule has 0 aromatic rings. The van der Waals surface area contributed by atoms with Crippen LogP contribution < -0.4 is 0 Å². The van der Waals surface area contributed by atoms with Crippen molar-refractivity contribution in [2.75, 3.05) is 0 Å². The topological polar surface area (TPSA) is 83.8 Å². The first kappa shape index (κ1) is 17.9. The average Bonchev–Trinajstić information content (AvgIpc) is 2.83. The van der Waals surface area contributed by atoms with Gasteiger partial charge in [0.1, 0.15) is 0 Å². The molecule has 0 aromatic carbocycles. The van der Waals surface area contributed by atoms with Crippen LogP contribution in [0.4, 0.5) is 0 Å². The van der Waals surface area contributed by atoms with E-state index < -0.39 is 7.82 Å². The Bertz CT molecular complexity index is 667. The lowest BCUT2D eigenvalue weighted by atomic mass is 9.47. The lowest BCUT2D eigenvalue weighted by Gasteiger charge is -2.57. The predicted molar refractivity (Wildman–Crippen MR) is 93.6 cm³/mol. The van der Waals surface area contributed by atoms with Gasteiger partial charge in [0, 0.05) is 6.42 Å². The lowest BCUT2D eigenvalue weighted by molar-refractivity contribution is -0.117. The second kappa shape index (κ2) is 5.76. The lowest BCUT2D eigenvalue weighted by Crippen LogP contribution is -2.51. The molecule has 140 valence electrons. The molecule has 4 rings (SSSR count). The Morgan fingerprint density at radius 1 is 1.08 bits per heavy atom. The maximum absolute atomic E-state index is 11.9. The Morgan fingerprint density at radius 2 is 1.84 bits per heavy atom. The molecular formula is C19H29O5P. The quantitative estimate of drug-likeness (QED) is 0.720. The molecule has 3 saturated carbocycles. The number of allylic oxidation sites excluding steroid dienone is 1. The molecule has 0 aliphatic heterocycles. The summed E-state index contributed by atoms with van der Waals surface area (Å²) >= 11 is 0. The molecule has 4 aliphatic carbocycles. The molecule has 0 spiro atoms. The molecule has 0 heterocycles. The van der Waals surface area contributed by atoms with E-state index >= 15 is 0 Å². The van der Waals surface area contributed by atoms with Crippen LogP contribution in [0.3, 0.4) is 0 Å². The Labute approximate surface area is 149 Å². The van der Waals surface area contributed by atoms with E-state index in [0.717, 1.165) is 44.9 Å². The van der Waals surface area contributed by atoms with Gasteiger partial charge in [-0.05, 0) is 79.6 Å². The van der Waals surface area contributed by atoms with E-state index in [1.54, 1.807) is 0 Å². The number of carbonyl (C=O) groups is 1. The molecule has 6 heteroatoms. The summed E-state index contributed by atoms with van der Waals surface area (Å²) in [5.74, 6) is 1.92. The minimum atomic E-state index is -4.45. The van der Waals surface area contributed by atoms with E-state index in [1.165, 1.54) is 5.57 Å². The molecule has 25 heavy (non-hydrogen) atoms. The van der Waals surface area contributed by atoms with E-state index in [9.17, 15) is 19.1 Å². The predicted octanol–water partition coefficient (Wildman–Crippen LogP) is 4.00. The summed E-state index contributed by atoms with van der Waals surface area (Å²) in [6, 6.07) is 0. The monoisotopic (exact) mass is 368 g/mol. The summed E-state index contributed by atoms with van der Waals surface area (Å²) in [5, 5.41) is 0. The minimum absolute atomic E-state index is 0.135. The highest BCUT2D eigenvalue weighted by Gasteiger charge is 2.60. The zero-order valence-corrected chi connectivity index (χ0v) is 16.0. The van der Waals surface area contributed by atoms with Crippen molar-refractivity contribution in [3.63, 3.8) is 0 Å². The van der Waals surface area contributed by atoms with Gasteiger partial charge in [0.25, 0.3) is 0 Å². The normalized spacial score (nSPS) is 46.9. The van der Waals surface area contributed by atoms with Gasteiger partial charge >= 0.3 is 7.82 Å². The maximum atomic E-state index is 11.9.